The average Bonchev–Trinajstić information content (AvgIpc) is 3.27. The molecule has 0 aliphatic rings. The Morgan fingerprint density at radius 1 is 1.00 bits per heavy atom. The minimum Gasteiger partial charge on any atom is -0.326 e. The van der Waals surface area contributed by atoms with E-state index in [9.17, 15) is 4.79 Å². The summed E-state index contributed by atoms with van der Waals surface area (Å²) in [6, 6.07) is 15.8. The van der Waals surface area contributed by atoms with E-state index in [4.69, 9.17) is 0 Å². The molecule has 3 aromatic rings. The van der Waals surface area contributed by atoms with Gasteiger partial charge in [0.05, 0.1) is 4.88 Å². The van der Waals surface area contributed by atoms with Gasteiger partial charge in [0.25, 0.3) is 0 Å². The Bertz CT molecular complexity index is 839. The number of rotatable bonds is 5. The van der Waals surface area contributed by atoms with Crippen LogP contribution >= 0.6 is 22.7 Å². The number of amides is 1. The average molecular weight is 351 g/mol. The Morgan fingerprint density at radius 2 is 1.88 bits per heavy atom. The molecule has 1 amide bonds. The fourth-order valence-electron chi connectivity index (χ4n) is 2.26. The summed E-state index contributed by atoms with van der Waals surface area (Å²) in [6.45, 7) is 0. The first kappa shape index (κ1) is 16.5. The van der Waals surface area contributed by atoms with Crippen molar-refractivity contribution < 1.29 is 4.79 Å². The number of hydrogen-bond acceptors (Lipinski definition) is 3. The van der Waals surface area contributed by atoms with Gasteiger partial charge in [0.1, 0.15) is 0 Å². The maximum absolute atomic E-state index is 12.1. The first-order valence-electron chi connectivity index (χ1n) is 7.77. The van der Waals surface area contributed by atoms with E-state index >= 15 is 0 Å². The maximum atomic E-state index is 12.1. The molecule has 1 aromatic carbocycles. The summed E-state index contributed by atoms with van der Waals surface area (Å²) >= 11 is 3.36. The molecule has 0 atom stereocenters. The predicted octanol–water partition coefficient (Wildman–Crippen LogP) is 5.17. The molecule has 3 rings (SSSR count). The summed E-state index contributed by atoms with van der Waals surface area (Å²) in [5.74, 6) is 6.31. The fourth-order valence-corrected chi connectivity index (χ4v) is 3.58. The molecule has 0 aliphatic heterocycles. The molecule has 2 aromatic heterocycles. The first-order chi connectivity index (χ1) is 11.8. The molecule has 4 heteroatoms. The van der Waals surface area contributed by atoms with Crippen LogP contribution in [0.15, 0.2) is 59.3 Å². The molecular weight excluding hydrogens is 334 g/mol. The minimum atomic E-state index is 0.0509. The summed E-state index contributed by atoms with van der Waals surface area (Å²) in [4.78, 5) is 14.4. The van der Waals surface area contributed by atoms with Crippen LogP contribution in [0.1, 0.15) is 28.2 Å². The maximum Gasteiger partial charge on any atom is 0.224 e. The van der Waals surface area contributed by atoms with Gasteiger partial charge in [0, 0.05) is 22.5 Å². The molecule has 24 heavy (non-hydrogen) atoms. The van der Waals surface area contributed by atoms with Crippen molar-refractivity contribution in [1.29, 1.82) is 0 Å². The van der Waals surface area contributed by atoms with Crippen LogP contribution in [-0.4, -0.2) is 5.91 Å². The van der Waals surface area contributed by atoms with Gasteiger partial charge in [-0.2, -0.15) is 0 Å². The summed E-state index contributed by atoms with van der Waals surface area (Å²) in [7, 11) is 0. The van der Waals surface area contributed by atoms with Crippen LogP contribution in [0.2, 0.25) is 0 Å². The number of nitrogens with one attached hydrogen (secondary N) is 1. The summed E-state index contributed by atoms with van der Waals surface area (Å²) in [6.07, 6.45) is 2.35. The number of carbonyl (C=O) groups is 1. The van der Waals surface area contributed by atoms with Crippen molar-refractivity contribution in [3.8, 4) is 11.8 Å². The fraction of sp³-hybridized carbons (Fsp3) is 0.150. The highest BCUT2D eigenvalue weighted by atomic mass is 32.1. The Labute approximate surface area is 150 Å². The van der Waals surface area contributed by atoms with E-state index in [1.807, 2.05) is 47.8 Å². The predicted molar refractivity (Wildman–Crippen MR) is 103 cm³/mol. The zero-order chi connectivity index (χ0) is 16.6. The lowest BCUT2D eigenvalue weighted by molar-refractivity contribution is -0.116. The van der Waals surface area contributed by atoms with Crippen molar-refractivity contribution in [1.82, 2.24) is 0 Å². The second kappa shape index (κ2) is 8.49. The molecule has 0 radical (unpaired) electrons. The SMILES string of the molecule is O=C(CCCc1cccs1)Nc1cccc(C#Cc2cccs2)c1. The zero-order valence-electron chi connectivity index (χ0n) is 13.1. The molecule has 120 valence electrons. The number of benzene rings is 1. The van der Waals surface area contributed by atoms with E-state index in [-0.39, 0.29) is 5.91 Å². The largest absolute Gasteiger partial charge is 0.326 e. The van der Waals surface area contributed by atoms with Gasteiger partial charge >= 0.3 is 0 Å². The van der Waals surface area contributed by atoms with Crippen molar-refractivity contribution in [3.05, 3.63) is 74.6 Å². The van der Waals surface area contributed by atoms with Crippen molar-refractivity contribution >= 4 is 34.3 Å². The summed E-state index contributed by atoms with van der Waals surface area (Å²) in [5.41, 5.74) is 1.70. The third kappa shape index (κ3) is 5.09. The molecule has 2 nitrogen and oxygen atoms in total. The van der Waals surface area contributed by atoms with Gasteiger partial charge in [-0.25, -0.2) is 0 Å². The quantitative estimate of drug-likeness (QED) is 0.631. The van der Waals surface area contributed by atoms with Gasteiger partial charge in [0.15, 0.2) is 0 Å². The van der Waals surface area contributed by atoms with Crippen molar-refractivity contribution in [3.63, 3.8) is 0 Å². The third-order valence-corrected chi connectivity index (χ3v) is 5.13. The topological polar surface area (TPSA) is 29.1 Å². The lowest BCUT2D eigenvalue weighted by atomic mass is 10.2. The van der Waals surface area contributed by atoms with Gasteiger partial charge in [-0.15, -0.1) is 22.7 Å². The van der Waals surface area contributed by atoms with E-state index in [2.05, 4.69) is 28.6 Å². The Kier molecular flexibility index (Phi) is 5.84. The van der Waals surface area contributed by atoms with Crippen molar-refractivity contribution in [2.45, 2.75) is 19.3 Å². The molecule has 0 fully saturated rings. The lowest BCUT2D eigenvalue weighted by Gasteiger charge is -2.05. The summed E-state index contributed by atoms with van der Waals surface area (Å²) in [5, 5.41) is 7.03. The van der Waals surface area contributed by atoms with E-state index in [0.717, 1.165) is 29.0 Å². The zero-order valence-corrected chi connectivity index (χ0v) is 14.8. The minimum absolute atomic E-state index is 0.0509. The monoisotopic (exact) mass is 351 g/mol. The Hall–Kier alpha value is -2.35. The van der Waals surface area contributed by atoms with Crippen LogP contribution in [0.5, 0.6) is 0 Å². The smallest absolute Gasteiger partial charge is 0.224 e. The molecular formula is C20H17NOS2. The molecule has 0 aliphatic carbocycles. The molecule has 0 unspecified atom stereocenters. The second-order valence-corrected chi connectivity index (χ2v) is 7.27. The number of aryl methyl sites for hydroxylation is 1. The third-order valence-electron chi connectivity index (χ3n) is 3.40. The van der Waals surface area contributed by atoms with Crippen LogP contribution in [0, 0.1) is 11.8 Å². The highest BCUT2D eigenvalue weighted by Gasteiger charge is 2.03. The highest BCUT2D eigenvalue weighted by molar-refractivity contribution is 7.10. The van der Waals surface area contributed by atoms with Crippen molar-refractivity contribution in [2.75, 3.05) is 5.32 Å². The number of carbonyl (C=O) groups excluding carboxylic acids is 1. The van der Waals surface area contributed by atoms with Crippen LogP contribution in [0.25, 0.3) is 0 Å². The van der Waals surface area contributed by atoms with E-state index in [1.54, 1.807) is 22.7 Å². The second-order valence-electron chi connectivity index (χ2n) is 5.29. The standard InChI is InChI=1S/C20H17NOS2/c22-20(10-2-7-18-8-3-13-23-18)21-17-6-1-5-16(15-17)11-12-19-9-4-14-24-19/h1,3-6,8-9,13-15H,2,7,10H2,(H,21,22). The van der Waals surface area contributed by atoms with E-state index in [0.29, 0.717) is 6.42 Å². The van der Waals surface area contributed by atoms with Gasteiger partial charge in [0.2, 0.25) is 5.91 Å². The van der Waals surface area contributed by atoms with Gasteiger partial charge in [-0.1, -0.05) is 30.0 Å². The molecule has 1 N–H and O–H groups in total. The molecule has 0 spiro atoms. The van der Waals surface area contributed by atoms with Crippen LogP contribution in [0.3, 0.4) is 0 Å². The highest BCUT2D eigenvalue weighted by Crippen LogP contribution is 2.14. The van der Waals surface area contributed by atoms with E-state index in [1.165, 1.54) is 4.88 Å². The Morgan fingerprint density at radius 3 is 2.67 bits per heavy atom. The van der Waals surface area contributed by atoms with Crippen LogP contribution in [0.4, 0.5) is 5.69 Å². The number of thiophene rings is 2. The summed E-state index contributed by atoms with van der Waals surface area (Å²) < 4.78 is 0. The number of hydrogen-bond donors (Lipinski definition) is 1. The van der Waals surface area contributed by atoms with Gasteiger partial charge in [-0.3, -0.25) is 4.79 Å². The number of anilines is 1. The molecule has 0 saturated heterocycles. The molecule has 0 bridgehead atoms. The van der Waals surface area contributed by atoms with Crippen molar-refractivity contribution in [2.24, 2.45) is 0 Å². The normalized spacial score (nSPS) is 10.0. The van der Waals surface area contributed by atoms with Crippen LogP contribution in [-0.2, 0) is 11.2 Å². The van der Waals surface area contributed by atoms with Gasteiger partial charge < -0.3 is 5.32 Å². The van der Waals surface area contributed by atoms with Gasteiger partial charge in [-0.05, 0) is 53.9 Å². The molecule has 0 saturated carbocycles. The first-order valence-corrected chi connectivity index (χ1v) is 9.53. The lowest BCUT2D eigenvalue weighted by Crippen LogP contribution is -2.11. The molecule has 2 heterocycles. The van der Waals surface area contributed by atoms with E-state index < -0.39 is 0 Å². The Balaban J connectivity index is 1.53. The van der Waals surface area contributed by atoms with Crippen LogP contribution < -0.4 is 5.32 Å².